The van der Waals surface area contributed by atoms with Crippen LogP contribution in [-0.4, -0.2) is 16.0 Å². The number of aromatic nitrogens is 2. The van der Waals surface area contributed by atoms with E-state index in [2.05, 4.69) is 15.5 Å². The van der Waals surface area contributed by atoms with Crippen molar-refractivity contribution in [1.29, 1.82) is 0 Å². The van der Waals surface area contributed by atoms with Gasteiger partial charge < -0.3 is 9.84 Å². The second-order valence-corrected chi connectivity index (χ2v) is 5.14. The van der Waals surface area contributed by atoms with E-state index in [9.17, 15) is 13.6 Å². The molecule has 0 saturated heterocycles. The molecule has 0 spiro atoms. The number of benzene rings is 2. The van der Waals surface area contributed by atoms with Crippen LogP contribution in [0.3, 0.4) is 0 Å². The molecule has 3 rings (SSSR count). The van der Waals surface area contributed by atoms with Gasteiger partial charge in [-0.25, -0.2) is 8.78 Å². The fourth-order valence-electron chi connectivity index (χ4n) is 2.14. The quantitative estimate of drug-likeness (QED) is 0.795. The summed E-state index contributed by atoms with van der Waals surface area (Å²) in [7, 11) is 0. The number of carbonyl (C=O) groups is 1. The molecule has 0 aliphatic carbocycles. The summed E-state index contributed by atoms with van der Waals surface area (Å²) in [4.78, 5) is 16.2. The van der Waals surface area contributed by atoms with Gasteiger partial charge in [0.05, 0.1) is 5.56 Å². The smallest absolute Gasteiger partial charge is 0.254 e. The van der Waals surface area contributed by atoms with Crippen LogP contribution in [0.25, 0.3) is 11.4 Å². The molecule has 24 heavy (non-hydrogen) atoms. The third-order valence-electron chi connectivity index (χ3n) is 3.36. The number of nitrogens with zero attached hydrogens (tertiary/aromatic N) is 2. The number of hydrogen-bond donors (Lipinski definition) is 1. The summed E-state index contributed by atoms with van der Waals surface area (Å²) in [6.45, 7) is 1.63. The van der Waals surface area contributed by atoms with Crippen molar-refractivity contribution < 1.29 is 18.1 Å². The predicted octanol–water partition coefficient (Wildman–Crippen LogP) is 3.51. The molecule has 7 heteroatoms. The molecular weight excluding hydrogens is 316 g/mol. The molecule has 1 aromatic heterocycles. The summed E-state index contributed by atoms with van der Waals surface area (Å²) in [5, 5.41) is 6.35. The van der Waals surface area contributed by atoms with Gasteiger partial charge >= 0.3 is 0 Å². The lowest BCUT2D eigenvalue weighted by Gasteiger charge is -2.10. The zero-order chi connectivity index (χ0) is 17.1. The van der Waals surface area contributed by atoms with Crippen molar-refractivity contribution in [3.63, 3.8) is 0 Å². The Balaban J connectivity index is 1.75. The first-order valence-corrected chi connectivity index (χ1v) is 7.19. The van der Waals surface area contributed by atoms with Gasteiger partial charge in [0.2, 0.25) is 11.7 Å². The van der Waals surface area contributed by atoms with E-state index in [0.29, 0.717) is 5.56 Å². The molecule has 0 aliphatic rings. The van der Waals surface area contributed by atoms with Gasteiger partial charge in [-0.15, -0.1) is 0 Å². The first-order chi connectivity index (χ1) is 11.5. The zero-order valence-electron chi connectivity index (χ0n) is 12.7. The molecule has 3 aromatic rings. The average molecular weight is 329 g/mol. The maximum Gasteiger partial charge on any atom is 0.254 e. The molecule has 2 aromatic carbocycles. The second kappa shape index (κ2) is 6.57. The zero-order valence-corrected chi connectivity index (χ0v) is 12.7. The molecule has 0 bridgehead atoms. The second-order valence-electron chi connectivity index (χ2n) is 5.14. The third kappa shape index (κ3) is 3.29. The van der Waals surface area contributed by atoms with Crippen molar-refractivity contribution >= 4 is 5.91 Å². The fraction of sp³-hybridized carbons (Fsp3) is 0.118. The van der Waals surface area contributed by atoms with E-state index in [0.717, 1.165) is 0 Å². The van der Waals surface area contributed by atoms with Gasteiger partial charge in [-0.2, -0.15) is 4.98 Å². The Labute approximate surface area is 136 Å². The highest BCUT2D eigenvalue weighted by molar-refractivity contribution is 5.94. The van der Waals surface area contributed by atoms with Crippen LogP contribution in [0, 0.1) is 11.6 Å². The largest absolute Gasteiger partial charge is 0.340 e. The molecule has 0 aliphatic heterocycles. The van der Waals surface area contributed by atoms with E-state index >= 15 is 0 Å². The minimum Gasteiger partial charge on any atom is -0.340 e. The fourth-order valence-corrected chi connectivity index (χ4v) is 2.14. The summed E-state index contributed by atoms with van der Waals surface area (Å²) >= 11 is 0. The number of hydrogen-bond acceptors (Lipinski definition) is 4. The van der Waals surface area contributed by atoms with Gasteiger partial charge in [-0.1, -0.05) is 29.4 Å². The third-order valence-corrected chi connectivity index (χ3v) is 3.36. The standard InChI is InChI=1S/C17H13F2N3O2/c1-10(20-16(23)13-7-2-3-8-14(13)19)17-21-15(22-24-17)11-5-4-6-12(18)9-11/h2-10H,1H3,(H,20,23). The number of amides is 1. The van der Waals surface area contributed by atoms with Gasteiger partial charge in [-0.3, -0.25) is 4.79 Å². The van der Waals surface area contributed by atoms with Gasteiger partial charge in [0, 0.05) is 5.56 Å². The molecule has 0 radical (unpaired) electrons. The van der Waals surface area contributed by atoms with E-state index in [4.69, 9.17) is 4.52 Å². The maximum absolute atomic E-state index is 13.6. The van der Waals surface area contributed by atoms with Crippen LogP contribution in [0.5, 0.6) is 0 Å². The number of halogens is 2. The first kappa shape index (κ1) is 15.8. The summed E-state index contributed by atoms with van der Waals surface area (Å²) in [5.41, 5.74) is 0.381. The summed E-state index contributed by atoms with van der Waals surface area (Å²) in [5.74, 6) is -1.28. The topological polar surface area (TPSA) is 68.0 Å². The summed E-state index contributed by atoms with van der Waals surface area (Å²) < 4.78 is 31.9. The Hall–Kier alpha value is -3.09. The molecule has 1 N–H and O–H groups in total. The van der Waals surface area contributed by atoms with Gasteiger partial charge in [0.25, 0.3) is 5.91 Å². The van der Waals surface area contributed by atoms with E-state index < -0.39 is 23.6 Å². The van der Waals surface area contributed by atoms with Crippen molar-refractivity contribution in [2.45, 2.75) is 13.0 Å². The average Bonchev–Trinajstić information content (AvgIpc) is 3.05. The van der Waals surface area contributed by atoms with Crippen LogP contribution in [0.4, 0.5) is 8.78 Å². The van der Waals surface area contributed by atoms with Crippen LogP contribution >= 0.6 is 0 Å². The lowest BCUT2D eigenvalue weighted by atomic mass is 10.2. The SMILES string of the molecule is CC(NC(=O)c1ccccc1F)c1nc(-c2cccc(F)c2)no1. The highest BCUT2D eigenvalue weighted by atomic mass is 19.1. The molecule has 1 atom stereocenters. The monoisotopic (exact) mass is 329 g/mol. The van der Waals surface area contributed by atoms with E-state index in [1.165, 1.54) is 36.4 Å². The van der Waals surface area contributed by atoms with Crippen molar-refractivity contribution in [2.24, 2.45) is 0 Å². The van der Waals surface area contributed by atoms with Crippen molar-refractivity contribution in [2.75, 3.05) is 0 Å². The first-order valence-electron chi connectivity index (χ1n) is 7.19. The van der Waals surface area contributed by atoms with Crippen LogP contribution in [-0.2, 0) is 0 Å². The van der Waals surface area contributed by atoms with Crippen LogP contribution in [0.2, 0.25) is 0 Å². The maximum atomic E-state index is 13.6. The number of nitrogens with one attached hydrogen (secondary N) is 1. The van der Waals surface area contributed by atoms with E-state index in [-0.39, 0.29) is 17.3 Å². The van der Waals surface area contributed by atoms with Gasteiger partial charge in [0.15, 0.2) is 0 Å². The Bertz CT molecular complexity index is 880. The molecule has 122 valence electrons. The lowest BCUT2D eigenvalue weighted by molar-refractivity contribution is 0.0928. The van der Waals surface area contributed by atoms with E-state index in [1.54, 1.807) is 19.1 Å². The normalized spacial score (nSPS) is 12.0. The molecule has 0 fully saturated rings. The molecular formula is C17H13F2N3O2. The van der Waals surface area contributed by atoms with Crippen molar-refractivity contribution in [3.8, 4) is 11.4 Å². The lowest BCUT2D eigenvalue weighted by Crippen LogP contribution is -2.27. The number of rotatable bonds is 4. The highest BCUT2D eigenvalue weighted by Gasteiger charge is 2.19. The molecule has 5 nitrogen and oxygen atoms in total. The highest BCUT2D eigenvalue weighted by Crippen LogP contribution is 2.19. The Kier molecular flexibility index (Phi) is 4.33. The van der Waals surface area contributed by atoms with E-state index in [1.807, 2.05) is 0 Å². The van der Waals surface area contributed by atoms with Crippen LogP contribution in [0.15, 0.2) is 53.1 Å². The van der Waals surface area contributed by atoms with Gasteiger partial charge in [0.1, 0.15) is 17.7 Å². The Morgan fingerprint density at radius 2 is 1.96 bits per heavy atom. The molecule has 0 saturated carbocycles. The number of carbonyl (C=O) groups excluding carboxylic acids is 1. The van der Waals surface area contributed by atoms with Crippen LogP contribution < -0.4 is 5.32 Å². The minimum atomic E-state index is -0.632. The minimum absolute atomic E-state index is 0.0748. The van der Waals surface area contributed by atoms with Crippen molar-refractivity contribution in [1.82, 2.24) is 15.5 Å². The summed E-state index contributed by atoms with van der Waals surface area (Å²) in [6, 6.07) is 10.8. The Morgan fingerprint density at radius 1 is 1.17 bits per heavy atom. The predicted molar refractivity (Wildman–Crippen MR) is 82.0 cm³/mol. The molecule has 1 heterocycles. The Morgan fingerprint density at radius 3 is 2.71 bits per heavy atom. The molecule has 1 amide bonds. The van der Waals surface area contributed by atoms with Crippen LogP contribution in [0.1, 0.15) is 29.2 Å². The molecule has 1 unspecified atom stereocenters. The summed E-state index contributed by atoms with van der Waals surface area (Å²) in [6.07, 6.45) is 0. The van der Waals surface area contributed by atoms with Crippen molar-refractivity contribution in [3.05, 3.63) is 71.6 Å². The van der Waals surface area contributed by atoms with Gasteiger partial charge in [-0.05, 0) is 31.2 Å².